The van der Waals surface area contributed by atoms with Crippen molar-refractivity contribution in [3.05, 3.63) is 45.8 Å². The minimum atomic E-state index is -1.11. The number of esters is 1. The van der Waals surface area contributed by atoms with E-state index in [0.29, 0.717) is 10.0 Å². The summed E-state index contributed by atoms with van der Waals surface area (Å²) in [7, 11) is 1.40. The van der Waals surface area contributed by atoms with Gasteiger partial charge in [0.25, 0.3) is 11.8 Å². The van der Waals surface area contributed by atoms with E-state index in [1.807, 2.05) is 0 Å². The van der Waals surface area contributed by atoms with E-state index in [1.54, 1.807) is 11.4 Å². The van der Waals surface area contributed by atoms with Crippen molar-refractivity contribution < 1.29 is 23.9 Å². The van der Waals surface area contributed by atoms with Gasteiger partial charge in [0.15, 0.2) is 6.10 Å². The van der Waals surface area contributed by atoms with Crippen LogP contribution in [0.5, 0.6) is 5.75 Å². The summed E-state index contributed by atoms with van der Waals surface area (Å²) in [6.45, 7) is 1.40. The van der Waals surface area contributed by atoms with E-state index in [2.05, 4.69) is 5.32 Å². The summed E-state index contributed by atoms with van der Waals surface area (Å²) in [4.78, 5) is 35.7. The van der Waals surface area contributed by atoms with Gasteiger partial charge < -0.3 is 20.5 Å². The average molecular weight is 383 g/mol. The smallest absolute Gasteiger partial charge is 0.342 e. The molecule has 0 aliphatic carbocycles. The quantitative estimate of drug-likeness (QED) is 0.747. The number of carbonyl (C=O) groups excluding carboxylic acids is 3. The Balaban J connectivity index is 2.08. The first-order valence-corrected chi connectivity index (χ1v) is 8.32. The van der Waals surface area contributed by atoms with Crippen molar-refractivity contribution in [1.82, 2.24) is 0 Å². The number of hydrogen-bond donors (Lipinski definition) is 2. The summed E-state index contributed by atoms with van der Waals surface area (Å²) >= 11 is 7.01. The molecule has 0 aliphatic heterocycles. The van der Waals surface area contributed by atoms with Crippen molar-refractivity contribution in [1.29, 1.82) is 0 Å². The SMILES string of the molecule is COc1ccc(Cl)cc1C(=O)O[C@H](C)C(=O)Nc1sccc1C(N)=O. The lowest BCUT2D eigenvalue weighted by atomic mass is 10.2. The fourth-order valence-electron chi connectivity index (χ4n) is 1.93. The van der Waals surface area contributed by atoms with Gasteiger partial charge in [0, 0.05) is 5.02 Å². The van der Waals surface area contributed by atoms with E-state index < -0.39 is 23.9 Å². The molecule has 3 N–H and O–H groups in total. The number of rotatable bonds is 6. The summed E-state index contributed by atoms with van der Waals surface area (Å²) in [6.07, 6.45) is -1.11. The van der Waals surface area contributed by atoms with Crippen LogP contribution in [0.1, 0.15) is 27.6 Å². The molecule has 1 aromatic carbocycles. The Kier molecular flexibility index (Phi) is 6.00. The molecule has 7 nitrogen and oxygen atoms in total. The molecule has 2 amide bonds. The second kappa shape index (κ2) is 8.00. The second-order valence-corrected chi connectivity index (χ2v) is 6.26. The van der Waals surface area contributed by atoms with Crippen molar-refractivity contribution in [2.45, 2.75) is 13.0 Å². The Morgan fingerprint density at radius 2 is 1.96 bits per heavy atom. The molecule has 0 radical (unpaired) electrons. The molecule has 0 saturated heterocycles. The summed E-state index contributed by atoms with van der Waals surface area (Å²) in [6, 6.07) is 5.97. The van der Waals surface area contributed by atoms with Gasteiger partial charge in [-0.3, -0.25) is 9.59 Å². The van der Waals surface area contributed by atoms with Crippen LogP contribution in [-0.4, -0.2) is 31.0 Å². The molecule has 25 heavy (non-hydrogen) atoms. The predicted molar refractivity (Wildman–Crippen MR) is 94.3 cm³/mol. The molecule has 9 heteroatoms. The first kappa shape index (κ1) is 18.8. The number of ether oxygens (including phenoxy) is 2. The Morgan fingerprint density at radius 3 is 2.60 bits per heavy atom. The normalized spacial score (nSPS) is 11.5. The van der Waals surface area contributed by atoms with Crippen LogP contribution in [0.25, 0.3) is 0 Å². The lowest BCUT2D eigenvalue weighted by molar-refractivity contribution is -0.123. The van der Waals surface area contributed by atoms with Crippen LogP contribution in [0.15, 0.2) is 29.6 Å². The molecule has 0 bridgehead atoms. The largest absolute Gasteiger partial charge is 0.496 e. The Labute approximate surface area is 152 Å². The lowest BCUT2D eigenvalue weighted by Crippen LogP contribution is -2.30. The van der Waals surface area contributed by atoms with Crippen molar-refractivity contribution in [3.8, 4) is 5.75 Å². The van der Waals surface area contributed by atoms with Crippen molar-refractivity contribution in [2.24, 2.45) is 5.73 Å². The third-order valence-electron chi connectivity index (χ3n) is 3.20. The number of carbonyl (C=O) groups is 3. The Bertz CT molecular complexity index is 821. The van der Waals surface area contributed by atoms with Gasteiger partial charge in [0.2, 0.25) is 0 Å². The highest BCUT2D eigenvalue weighted by atomic mass is 35.5. The van der Waals surface area contributed by atoms with Crippen molar-refractivity contribution >= 4 is 45.7 Å². The van der Waals surface area contributed by atoms with Crippen LogP contribution < -0.4 is 15.8 Å². The van der Waals surface area contributed by atoms with Gasteiger partial charge in [-0.25, -0.2) is 4.79 Å². The number of anilines is 1. The number of hydrogen-bond acceptors (Lipinski definition) is 6. The zero-order chi connectivity index (χ0) is 18.6. The molecule has 1 atom stereocenters. The van der Waals surface area contributed by atoms with E-state index >= 15 is 0 Å². The zero-order valence-electron chi connectivity index (χ0n) is 13.4. The van der Waals surface area contributed by atoms with Crippen LogP contribution in [-0.2, 0) is 9.53 Å². The molecule has 1 aromatic heterocycles. The summed E-state index contributed by atoms with van der Waals surface area (Å²) in [5.41, 5.74) is 5.51. The van der Waals surface area contributed by atoms with E-state index in [9.17, 15) is 14.4 Å². The fraction of sp³-hybridized carbons (Fsp3) is 0.188. The number of nitrogens with two attached hydrogens (primary N) is 1. The van der Waals surface area contributed by atoms with Gasteiger partial charge in [-0.1, -0.05) is 11.6 Å². The minimum absolute atomic E-state index is 0.101. The first-order valence-electron chi connectivity index (χ1n) is 7.06. The van der Waals surface area contributed by atoms with E-state index in [0.717, 1.165) is 11.3 Å². The number of thiophene rings is 1. The highest BCUT2D eigenvalue weighted by molar-refractivity contribution is 7.14. The predicted octanol–water partition coefficient (Wildman–Crippen LogP) is 2.69. The number of primary amides is 1. The van der Waals surface area contributed by atoms with Crippen LogP contribution >= 0.6 is 22.9 Å². The summed E-state index contributed by atoms with van der Waals surface area (Å²) in [5, 5.41) is 4.75. The van der Waals surface area contributed by atoms with Crippen LogP contribution in [0.3, 0.4) is 0 Å². The highest BCUT2D eigenvalue weighted by Gasteiger charge is 2.23. The molecular formula is C16H15ClN2O5S. The van der Waals surface area contributed by atoms with Gasteiger partial charge in [-0.15, -0.1) is 11.3 Å². The van der Waals surface area contributed by atoms with Crippen LogP contribution in [0, 0.1) is 0 Å². The first-order chi connectivity index (χ1) is 11.8. The molecule has 2 rings (SSSR count). The van der Waals surface area contributed by atoms with Crippen molar-refractivity contribution in [2.75, 3.05) is 12.4 Å². The highest BCUT2D eigenvalue weighted by Crippen LogP contribution is 2.25. The number of methoxy groups -OCH3 is 1. The maximum absolute atomic E-state index is 12.3. The van der Waals surface area contributed by atoms with Crippen LogP contribution in [0.2, 0.25) is 5.02 Å². The lowest BCUT2D eigenvalue weighted by Gasteiger charge is -2.14. The molecule has 1 heterocycles. The van der Waals surface area contributed by atoms with Gasteiger partial charge >= 0.3 is 5.97 Å². The monoisotopic (exact) mass is 382 g/mol. The van der Waals surface area contributed by atoms with E-state index in [-0.39, 0.29) is 16.9 Å². The number of halogens is 1. The van der Waals surface area contributed by atoms with Crippen molar-refractivity contribution in [3.63, 3.8) is 0 Å². The molecule has 0 aliphatic rings. The van der Waals surface area contributed by atoms with Gasteiger partial charge in [-0.05, 0) is 36.6 Å². The number of benzene rings is 1. The number of nitrogens with one attached hydrogen (secondary N) is 1. The molecule has 0 spiro atoms. The molecule has 0 fully saturated rings. The minimum Gasteiger partial charge on any atom is -0.496 e. The third-order valence-corrected chi connectivity index (χ3v) is 4.27. The standard InChI is InChI=1S/C16H15ClN2O5S/c1-8(14(21)19-15-10(13(18)20)5-6-25-15)24-16(22)11-7-9(17)3-4-12(11)23-2/h3-8H,1-2H3,(H2,18,20)(H,19,21)/t8-/m1/s1. The zero-order valence-corrected chi connectivity index (χ0v) is 14.9. The van der Waals surface area contributed by atoms with E-state index in [1.165, 1.54) is 32.2 Å². The number of amides is 2. The average Bonchev–Trinajstić information content (AvgIpc) is 3.03. The van der Waals surface area contributed by atoms with E-state index in [4.69, 9.17) is 26.8 Å². The third kappa shape index (κ3) is 4.49. The topological polar surface area (TPSA) is 108 Å². The molecule has 2 aromatic rings. The second-order valence-electron chi connectivity index (χ2n) is 4.91. The maximum atomic E-state index is 12.3. The molecular weight excluding hydrogens is 368 g/mol. The van der Waals surface area contributed by atoms with Gasteiger partial charge in [0.05, 0.1) is 12.7 Å². The molecule has 0 saturated carbocycles. The Hall–Kier alpha value is -2.58. The van der Waals surface area contributed by atoms with Gasteiger partial charge in [0.1, 0.15) is 16.3 Å². The molecule has 0 unspecified atom stereocenters. The Morgan fingerprint density at radius 1 is 1.24 bits per heavy atom. The fourth-order valence-corrected chi connectivity index (χ4v) is 2.90. The van der Waals surface area contributed by atoms with Gasteiger partial charge in [-0.2, -0.15) is 0 Å². The summed E-state index contributed by atoms with van der Waals surface area (Å²) in [5.74, 6) is -1.75. The maximum Gasteiger partial charge on any atom is 0.342 e. The summed E-state index contributed by atoms with van der Waals surface area (Å²) < 4.78 is 10.2. The molecule has 132 valence electrons. The van der Waals surface area contributed by atoms with Crippen LogP contribution in [0.4, 0.5) is 5.00 Å².